The standard InChI is InChI=1S/C8H13NO6/c9-5-8(13)15-4-3-14-7(12)2-1-6(10)11/h1-5,9H2,(H,10,11). The van der Waals surface area contributed by atoms with E-state index in [2.05, 4.69) is 9.47 Å². The molecule has 0 aromatic rings. The predicted molar refractivity (Wildman–Crippen MR) is 47.8 cm³/mol. The number of aliphatic carboxylic acids is 1. The highest BCUT2D eigenvalue weighted by atomic mass is 16.6. The summed E-state index contributed by atoms with van der Waals surface area (Å²) in [7, 11) is 0. The number of carbonyl (C=O) groups is 3. The van der Waals surface area contributed by atoms with Crippen LogP contribution in [0, 0.1) is 0 Å². The summed E-state index contributed by atoms with van der Waals surface area (Å²) >= 11 is 0. The van der Waals surface area contributed by atoms with Crippen molar-refractivity contribution in [2.75, 3.05) is 19.8 Å². The third kappa shape index (κ3) is 8.69. The number of carboxylic acids is 1. The molecule has 0 spiro atoms. The number of esters is 2. The highest BCUT2D eigenvalue weighted by Crippen LogP contribution is 1.92. The van der Waals surface area contributed by atoms with Crippen LogP contribution in [-0.4, -0.2) is 42.8 Å². The summed E-state index contributed by atoms with van der Waals surface area (Å²) in [4.78, 5) is 31.4. The van der Waals surface area contributed by atoms with Crippen molar-refractivity contribution in [3.8, 4) is 0 Å². The molecule has 0 saturated heterocycles. The molecule has 0 unspecified atom stereocenters. The molecule has 0 aliphatic heterocycles. The first-order chi connectivity index (χ1) is 7.06. The van der Waals surface area contributed by atoms with Crippen molar-refractivity contribution < 1.29 is 29.0 Å². The fourth-order valence-corrected chi connectivity index (χ4v) is 0.651. The van der Waals surface area contributed by atoms with Crippen LogP contribution in [0.3, 0.4) is 0 Å². The lowest BCUT2D eigenvalue weighted by atomic mass is 10.3. The molecule has 0 saturated carbocycles. The van der Waals surface area contributed by atoms with Gasteiger partial charge in [0.15, 0.2) is 0 Å². The third-order valence-corrected chi connectivity index (χ3v) is 1.32. The maximum absolute atomic E-state index is 10.8. The molecule has 3 N–H and O–H groups in total. The minimum absolute atomic E-state index is 0.0746. The van der Waals surface area contributed by atoms with E-state index >= 15 is 0 Å². The average Bonchev–Trinajstić information content (AvgIpc) is 2.21. The number of nitrogens with two attached hydrogens (primary N) is 1. The molecule has 86 valence electrons. The molecule has 0 amide bonds. The number of carboxylic acid groups (broad SMARTS) is 1. The molecule has 7 heteroatoms. The van der Waals surface area contributed by atoms with E-state index in [9.17, 15) is 14.4 Å². The Morgan fingerprint density at radius 1 is 1.00 bits per heavy atom. The first-order valence-electron chi connectivity index (χ1n) is 4.29. The number of hydrogen-bond donors (Lipinski definition) is 2. The van der Waals surface area contributed by atoms with Gasteiger partial charge in [-0.15, -0.1) is 0 Å². The maximum atomic E-state index is 10.8. The molecule has 0 bridgehead atoms. The third-order valence-electron chi connectivity index (χ3n) is 1.32. The van der Waals surface area contributed by atoms with Crippen LogP contribution in [0.2, 0.25) is 0 Å². The number of rotatable bonds is 7. The van der Waals surface area contributed by atoms with Gasteiger partial charge in [0.1, 0.15) is 13.2 Å². The zero-order chi connectivity index (χ0) is 11.7. The Balaban J connectivity index is 3.39. The van der Waals surface area contributed by atoms with Gasteiger partial charge in [-0.1, -0.05) is 0 Å². The SMILES string of the molecule is NCC(=O)OCCOC(=O)CCC(=O)O. The molecule has 0 aliphatic rings. The maximum Gasteiger partial charge on any atom is 0.319 e. The molecule has 15 heavy (non-hydrogen) atoms. The molecule has 7 nitrogen and oxygen atoms in total. The van der Waals surface area contributed by atoms with E-state index in [4.69, 9.17) is 10.8 Å². The van der Waals surface area contributed by atoms with E-state index in [0.29, 0.717) is 0 Å². The van der Waals surface area contributed by atoms with Gasteiger partial charge in [0.25, 0.3) is 0 Å². The number of hydrogen-bond acceptors (Lipinski definition) is 6. The van der Waals surface area contributed by atoms with Crippen molar-refractivity contribution in [2.24, 2.45) is 5.73 Å². The van der Waals surface area contributed by atoms with Crippen molar-refractivity contribution in [3.63, 3.8) is 0 Å². The van der Waals surface area contributed by atoms with Crippen molar-refractivity contribution in [2.45, 2.75) is 12.8 Å². The summed E-state index contributed by atoms with van der Waals surface area (Å²) < 4.78 is 9.08. The van der Waals surface area contributed by atoms with Crippen molar-refractivity contribution in [3.05, 3.63) is 0 Å². The van der Waals surface area contributed by atoms with Gasteiger partial charge in [0.05, 0.1) is 19.4 Å². The Kier molecular flexibility index (Phi) is 6.90. The molecule has 0 aromatic heterocycles. The average molecular weight is 219 g/mol. The lowest BCUT2D eigenvalue weighted by Gasteiger charge is -2.04. The second kappa shape index (κ2) is 7.74. The summed E-state index contributed by atoms with van der Waals surface area (Å²) in [5.74, 6) is -2.29. The minimum atomic E-state index is -1.07. The summed E-state index contributed by atoms with van der Waals surface area (Å²) in [5.41, 5.74) is 4.95. The van der Waals surface area contributed by atoms with E-state index in [-0.39, 0.29) is 32.6 Å². The van der Waals surface area contributed by atoms with E-state index in [1.165, 1.54) is 0 Å². The normalized spacial score (nSPS) is 9.40. The zero-order valence-corrected chi connectivity index (χ0v) is 8.10. The summed E-state index contributed by atoms with van der Waals surface area (Å²) in [6, 6.07) is 0. The highest BCUT2D eigenvalue weighted by Gasteiger charge is 2.06. The van der Waals surface area contributed by atoms with Crippen LogP contribution in [0.1, 0.15) is 12.8 Å². The predicted octanol–water partition coefficient (Wildman–Crippen LogP) is -1.10. The molecule has 0 heterocycles. The zero-order valence-electron chi connectivity index (χ0n) is 8.10. The Labute approximate surface area is 86.1 Å². The Bertz CT molecular complexity index is 239. The molecule has 0 aliphatic carbocycles. The Morgan fingerprint density at radius 2 is 1.53 bits per heavy atom. The van der Waals surface area contributed by atoms with Gasteiger partial charge in [-0.3, -0.25) is 14.4 Å². The monoisotopic (exact) mass is 219 g/mol. The smallest absolute Gasteiger partial charge is 0.319 e. The van der Waals surface area contributed by atoms with Crippen molar-refractivity contribution in [1.29, 1.82) is 0 Å². The van der Waals surface area contributed by atoms with Crippen LogP contribution < -0.4 is 5.73 Å². The molecular formula is C8H13NO6. The summed E-state index contributed by atoms with van der Waals surface area (Å²) in [6.45, 7) is -0.397. The second-order valence-corrected chi connectivity index (χ2v) is 2.54. The summed E-state index contributed by atoms with van der Waals surface area (Å²) in [6.07, 6.45) is -0.471. The summed E-state index contributed by atoms with van der Waals surface area (Å²) in [5, 5.41) is 8.25. The molecular weight excluding hydrogens is 206 g/mol. The lowest BCUT2D eigenvalue weighted by Crippen LogP contribution is -2.20. The Hall–Kier alpha value is -1.63. The fourth-order valence-electron chi connectivity index (χ4n) is 0.651. The van der Waals surface area contributed by atoms with E-state index in [0.717, 1.165) is 0 Å². The van der Waals surface area contributed by atoms with E-state index in [1.807, 2.05) is 0 Å². The van der Waals surface area contributed by atoms with Crippen molar-refractivity contribution in [1.82, 2.24) is 0 Å². The molecule has 0 atom stereocenters. The van der Waals surface area contributed by atoms with E-state index in [1.54, 1.807) is 0 Å². The van der Waals surface area contributed by atoms with Crippen LogP contribution in [-0.2, 0) is 23.9 Å². The molecule has 0 radical (unpaired) electrons. The Morgan fingerprint density at radius 3 is 2.00 bits per heavy atom. The van der Waals surface area contributed by atoms with E-state index < -0.39 is 17.9 Å². The number of carbonyl (C=O) groups excluding carboxylic acids is 2. The quantitative estimate of drug-likeness (QED) is 0.412. The second-order valence-electron chi connectivity index (χ2n) is 2.54. The van der Waals surface area contributed by atoms with Crippen molar-refractivity contribution >= 4 is 17.9 Å². The first-order valence-corrected chi connectivity index (χ1v) is 4.29. The van der Waals surface area contributed by atoms with Crippen LogP contribution in [0.5, 0.6) is 0 Å². The van der Waals surface area contributed by atoms with Gasteiger partial charge in [0.2, 0.25) is 0 Å². The van der Waals surface area contributed by atoms with Gasteiger partial charge in [0, 0.05) is 0 Å². The molecule has 0 rings (SSSR count). The van der Waals surface area contributed by atoms with Crippen LogP contribution >= 0.6 is 0 Å². The first kappa shape index (κ1) is 13.4. The number of ether oxygens (including phenoxy) is 2. The van der Waals surface area contributed by atoms with Gasteiger partial charge >= 0.3 is 17.9 Å². The van der Waals surface area contributed by atoms with Crippen LogP contribution in [0.4, 0.5) is 0 Å². The van der Waals surface area contributed by atoms with Gasteiger partial charge < -0.3 is 20.3 Å². The fraction of sp³-hybridized carbons (Fsp3) is 0.625. The van der Waals surface area contributed by atoms with Crippen LogP contribution in [0.25, 0.3) is 0 Å². The topological polar surface area (TPSA) is 116 Å². The van der Waals surface area contributed by atoms with Gasteiger partial charge in [-0.25, -0.2) is 0 Å². The highest BCUT2D eigenvalue weighted by molar-refractivity contribution is 5.76. The molecule has 0 aromatic carbocycles. The molecule has 0 fully saturated rings. The largest absolute Gasteiger partial charge is 0.481 e. The minimum Gasteiger partial charge on any atom is -0.481 e. The lowest BCUT2D eigenvalue weighted by molar-refractivity contribution is -0.152. The van der Waals surface area contributed by atoms with Gasteiger partial charge in [-0.2, -0.15) is 0 Å². The van der Waals surface area contributed by atoms with Crippen LogP contribution in [0.15, 0.2) is 0 Å². The van der Waals surface area contributed by atoms with Gasteiger partial charge in [-0.05, 0) is 0 Å².